The minimum Gasteiger partial charge on any atom is -0.504 e. The molecule has 6 rings (SSSR count). The summed E-state index contributed by atoms with van der Waals surface area (Å²) in [6.45, 7) is 9.01. The quantitative estimate of drug-likeness (QED) is 0.466. The van der Waals surface area contributed by atoms with Gasteiger partial charge in [0.2, 0.25) is 0 Å². The Kier molecular flexibility index (Phi) is 6.38. The number of phenols is 1. The Balaban J connectivity index is 1.47. The summed E-state index contributed by atoms with van der Waals surface area (Å²) in [5, 5.41) is 11.0. The van der Waals surface area contributed by atoms with E-state index in [9.17, 15) is 14.7 Å². The molecule has 1 spiro atoms. The van der Waals surface area contributed by atoms with Crippen LogP contribution in [0.4, 0.5) is 0 Å². The molecule has 7 heteroatoms. The van der Waals surface area contributed by atoms with Crippen molar-refractivity contribution in [1.29, 1.82) is 0 Å². The number of hydrogen-bond acceptors (Lipinski definition) is 6. The monoisotopic (exact) mass is 542 g/mol. The molecular weight excluding hydrogens is 504 g/mol. The van der Waals surface area contributed by atoms with Gasteiger partial charge in [0.15, 0.2) is 11.5 Å². The van der Waals surface area contributed by atoms with Gasteiger partial charge in [0.25, 0.3) is 5.91 Å². The fraction of sp³-hybridized carbons (Fsp3) is 0.515. The number of carbonyl (C=O) groups excluding carboxylic acids is 2. The number of likely N-dealkylation sites (tertiary alicyclic amines) is 1. The lowest BCUT2D eigenvalue weighted by Gasteiger charge is -2.65. The molecule has 1 saturated heterocycles. The van der Waals surface area contributed by atoms with Crippen molar-refractivity contribution < 1.29 is 24.2 Å². The molecule has 2 aliphatic carbocycles. The minimum atomic E-state index is -0.807. The van der Waals surface area contributed by atoms with Gasteiger partial charge in [-0.05, 0) is 81.4 Å². The normalized spacial score (nSPS) is 29.6. The van der Waals surface area contributed by atoms with Crippen LogP contribution in [0.2, 0.25) is 0 Å². The van der Waals surface area contributed by atoms with E-state index in [1.807, 2.05) is 42.2 Å². The first-order valence-electron chi connectivity index (χ1n) is 14.4. The third-order valence-electron chi connectivity index (χ3n) is 9.54. The van der Waals surface area contributed by atoms with Crippen molar-refractivity contribution in [3.05, 3.63) is 58.7 Å². The number of ether oxygens (including phenoxy) is 2. The van der Waals surface area contributed by atoms with E-state index in [4.69, 9.17) is 9.47 Å². The fourth-order valence-corrected chi connectivity index (χ4v) is 8.16. The first-order chi connectivity index (χ1) is 19.1. The highest BCUT2D eigenvalue weighted by Crippen LogP contribution is 2.67. The lowest BCUT2D eigenvalue weighted by atomic mass is 9.48. The number of piperidine rings is 1. The van der Waals surface area contributed by atoms with Crippen molar-refractivity contribution in [3.8, 4) is 23.3 Å². The maximum absolute atomic E-state index is 13.9. The van der Waals surface area contributed by atoms with Gasteiger partial charge in [-0.25, -0.2) is 0 Å². The van der Waals surface area contributed by atoms with Gasteiger partial charge in [0, 0.05) is 30.5 Å². The second-order valence-electron chi connectivity index (χ2n) is 12.5. The number of aromatic hydroxyl groups is 1. The average molecular weight is 543 g/mol. The number of rotatable bonds is 4. The molecule has 2 aromatic carbocycles. The van der Waals surface area contributed by atoms with Crippen LogP contribution in [-0.2, 0) is 26.2 Å². The second-order valence-corrected chi connectivity index (χ2v) is 12.5. The van der Waals surface area contributed by atoms with E-state index in [2.05, 4.69) is 37.6 Å². The van der Waals surface area contributed by atoms with E-state index in [1.54, 1.807) is 6.07 Å². The Hall–Kier alpha value is -3.50. The molecule has 5 atom stereocenters. The molecule has 0 radical (unpaired) electrons. The van der Waals surface area contributed by atoms with Crippen LogP contribution in [0.5, 0.6) is 11.5 Å². The zero-order chi connectivity index (χ0) is 28.4. The number of likely N-dealkylation sites (N-methyl/N-ethyl adjacent to an activating group) is 1. The Morgan fingerprint density at radius 2 is 2.05 bits per heavy atom. The molecule has 2 aromatic rings. The standard InChI is InChI=1S/C33H38N2O5/c1-20(2)19-35(28(38)12-9-23-8-6-7-21(3)17-23)25-13-14-33(40-22(4)36)27-18-24-10-11-26(37)30-29(24)32(33,31(25)39-30)15-16-34(27)5/h6-8,10-11,17,20,25,27,31,37H,13-16,18-19H2,1-5H3/t25-,27-,31+,32+,33-/m1/s1. The first-order valence-corrected chi connectivity index (χ1v) is 14.4. The van der Waals surface area contributed by atoms with E-state index in [-0.39, 0.29) is 35.6 Å². The van der Waals surface area contributed by atoms with E-state index in [0.29, 0.717) is 38.0 Å². The summed E-state index contributed by atoms with van der Waals surface area (Å²) in [6, 6.07) is 11.2. The van der Waals surface area contributed by atoms with Crippen molar-refractivity contribution in [2.45, 2.75) is 82.6 Å². The minimum absolute atomic E-state index is 0.0180. The Labute approximate surface area is 236 Å². The largest absolute Gasteiger partial charge is 0.504 e. The van der Waals surface area contributed by atoms with Crippen LogP contribution < -0.4 is 4.74 Å². The number of esters is 1. The molecule has 1 saturated carbocycles. The third-order valence-corrected chi connectivity index (χ3v) is 9.54. The van der Waals surface area contributed by atoms with Gasteiger partial charge in [-0.15, -0.1) is 0 Å². The highest BCUT2D eigenvalue weighted by Gasteiger charge is 2.75. The van der Waals surface area contributed by atoms with Crippen molar-refractivity contribution in [3.63, 3.8) is 0 Å². The number of benzene rings is 2. The molecule has 0 unspecified atom stereocenters. The van der Waals surface area contributed by atoms with Gasteiger partial charge < -0.3 is 19.5 Å². The molecule has 4 aliphatic rings. The third kappa shape index (κ3) is 3.83. The van der Waals surface area contributed by atoms with Gasteiger partial charge in [-0.1, -0.05) is 38.0 Å². The van der Waals surface area contributed by atoms with Crippen LogP contribution in [0.25, 0.3) is 0 Å². The van der Waals surface area contributed by atoms with Crippen molar-refractivity contribution in [2.75, 3.05) is 20.1 Å². The van der Waals surface area contributed by atoms with Crippen LogP contribution in [-0.4, -0.2) is 70.7 Å². The zero-order valence-electron chi connectivity index (χ0n) is 24.0. The molecule has 1 amide bonds. The molecule has 0 aromatic heterocycles. The summed E-state index contributed by atoms with van der Waals surface area (Å²) >= 11 is 0. The van der Waals surface area contributed by atoms with Gasteiger partial charge in [-0.2, -0.15) is 0 Å². The molecule has 2 heterocycles. The van der Waals surface area contributed by atoms with Crippen LogP contribution in [0.3, 0.4) is 0 Å². The number of aryl methyl sites for hydroxylation is 1. The number of carbonyl (C=O) groups is 2. The number of nitrogens with zero attached hydrogens (tertiary/aromatic N) is 2. The smallest absolute Gasteiger partial charge is 0.303 e. The van der Waals surface area contributed by atoms with Crippen LogP contribution in [0.1, 0.15) is 62.3 Å². The van der Waals surface area contributed by atoms with E-state index < -0.39 is 17.1 Å². The SMILES string of the molecule is CC(=O)O[C@@]12CC[C@@H](N(CC(C)C)C(=O)C#Cc3cccc(C)c3)[C@@H]3Oc4c(O)ccc5c4[C@@]31CCN(C)[C@@H]2C5. The van der Waals surface area contributed by atoms with Crippen LogP contribution >= 0.6 is 0 Å². The predicted octanol–water partition coefficient (Wildman–Crippen LogP) is 3.96. The molecular formula is C33H38N2O5. The summed E-state index contributed by atoms with van der Waals surface area (Å²) in [6.07, 6.45) is 2.16. The summed E-state index contributed by atoms with van der Waals surface area (Å²) in [7, 11) is 2.10. The van der Waals surface area contributed by atoms with Gasteiger partial charge in [0.05, 0.1) is 17.5 Å². The number of amides is 1. The lowest BCUT2D eigenvalue weighted by molar-refractivity contribution is -0.221. The molecule has 7 nitrogen and oxygen atoms in total. The Bertz CT molecular complexity index is 1440. The molecule has 1 N–H and O–H groups in total. The van der Waals surface area contributed by atoms with E-state index in [1.165, 1.54) is 6.92 Å². The highest BCUT2D eigenvalue weighted by atomic mass is 16.6. The molecule has 2 fully saturated rings. The van der Waals surface area contributed by atoms with Crippen LogP contribution in [0, 0.1) is 24.7 Å². The summed E-state index contributed by atoms with van der Waals surface area (Å²) in [5.74, 6) is 6.24. The summed E-state index contributed by atoms with van der Waals surface area (Å²) in [4.78, 5) is 30.8. The Morgan fingerprint density at radius 1 is 1.25 bits per heavy atom. The molecule has 40 heavy (non-hydrogen) atoms. The molecule has 2 aliphatic heterocycles. The fourth-order valence-electron chi connectivity index (χ4n) is 8.16. The number of phenolic OH excluding ortho intramolecular Hbond substituents is 1. The van der Waals surface area contributed by atoms with Crippen molar-refractivity contribution >= 4 is 11.9 Å². The van der Waals surface area contributed by atoms with E-state index >= 15 is 0 Å². The highest BCUT2D eigenvalue weighted by molar-refractivity contribution is 5.94. The van der Waals surface area contributed by atoms with Gasteiger partial charge in [-0.3, -0.25) is 14.5 Å². The molecule has 210 valence electrons. The van der Waals surface area contributed by atoms with Gasteiger partial charge in [0.1, 0.15) is 11.7 Å². The maximum atomic E-state index is 13.9. The van der Waals surface area contributed by atoms with E-state index in [0.717, 1.165) is 28.8 Å². The zero-order valence-corrected chi connectivity index (χ0v) is 24.0. The second kappa shape index (κ2) is 9.55. The lowest BCUT2D eigenvalue weighted by Crippen LogP contribution is -2.79. The topological polar surface area (TPSA) is 79.3 Å². The van der Waals surface area contributed by atoms with Crippen molar-refractivity contribution in [1.82, 2.24) is 9.80 Å². The summed E-state index contributed by atoms with van der Waals surface area (Å²) < 4.78 is 13.2. The number of hydrogen-bond donors (Lipinski definition) is 1. The molecule has 2 bridgehead atoms. The first kappa shape index (κ1) is 26.7. The Morgan fingerprint density at radius 3 is 2.77 bits per heavy atom. The van der Waals surface area contributed by atoms with Crippen molar-refractivity contribution in [2.24, 2.45) is 5.92 Å². The average Bonchev–Trinajstić information content (AvgIpc) is 3.25. The summed E-state index contributed by atoms with van der Waals surface area (Å²) in [5.41, 5.74) is 2.51. The van der Waals surface area contributed by atoms with Gasteiger partial charge >= 0.3 is 5.97 Å². The maximum Gasteiger partial charge on any atom is 0.303 e. The van der Waals surface area contributed by atoms with Crippen LogP contribution in [0.15, 0.2) is 36.4 Å². The predicted molar refractivity (Wildman–Crippen MR) is 151 cm³/mol.